The maximum absolute atomic E-state index is 12.2. The Morgan fingerprint density at radius 3 is 2.54 bits per heavy atom. The van der Waals surface area contributed by atoms with Crippen LogP contribution in [0.15, 0.2) is 29.2 Å². The van der Waals surface area contributed by atoms with Crippen LogP contribution in [0, 0.1) is 6.92 Å². The average molecular weight is 425 g/mol. The summed E-state index contributed by atoms with van der Waals surface area (Å²) in [5.41, 5.74) is 1.85. The molecule has 2 rings (SSSR count). The van der Waals surface area contributed by atoms with Gasteiger partial charge in [-0.05, 0) is 49.1 Å². The smallest absolute Gasteiger partial charge is 0.348 e. The number of amides is 1. The van der Waals surface area contributed by atoms with E-state index in [4.69, 9.17) is 9.88 Å². The molecule has 1 heterocycles. The molecule has 28 heavy (non-hydrogen) atoms. The van der Waals surface area contributed by atoms with Gasteiger partial charge in [0.05, 0.1) is 4.90 Å². The van der Waals surface area contributed by atoms with Crippen molar-refractivity contribution in [1.29, 1.82) is 0 Å². The Hall–Kier alpha value is -2.23. The van der Waals surface area contributed by atoms with Gasteiger partial charge in [-0.3, -0.25) is 4.79 Å². The maximum atomic E-state index is 12.2. The van der Waals surface area contributed by atoms with Gasteiger partial charge in [-0.2, -0.15) is 0 Å². The fourth-order valence-corrected chi connectivity index (χ4v) is 4.75. The van der Waals surface area contributed by atoms with Crippen molar-refractivity contribution >= 4 is 38.9 Å². The molecule has 7 nitrogen and oxygen atoms in total. The Bertz CT molecular complexity index is 980. The summed E-state index contributed by atoms with van der Waals surface area (Å²) in [7, 11) is -3.90. The lowest BCUT2D eigenvalue weighted by molar-refractivity contribution is -0.119. The summed E-state index contributed by atoms with van der Waals surface area (Å²) in [6, 6.07) is 6.17. The van der Waals surface area contributed by atoms with E-state index < -0.39 is 28.5 Å². The summed E-state index contributed by atoms with van der Waals surface area (Å²) >= 11 is 1.39. The minimum atomic E-state index is -3.90. The van der Waals surface area contributed by atoms with Crippen LogP contribution in [0.3, 0.4) is 0 Å². The molecular weight excluding hydrogens is 400 g/mol. The molecular formula is C19H24N2O5S2. The molecule has 0 radical (unpaired) electrons. The van der Waals surface area contributed by atoms with Gasteiger partial charge in [0, 0.05) is 10.6 Å². The van der Waals surface area contributed by atoms with E-state index in [9.17, 15) is 18.0 Å². The number of aryl methyl sites for hydroxylation is 3. The Balaban J connectivity index is 2.00. The van der Waals surface area contributed by atoms with Gasteiger partial charge >= 0.3 is 5.97 Å². The zero-order chi connectivity index (χ0) is 20.9. The minimum absolute atomic E-state index is 0.0728. The van der Waals surface area contributed by atoms with Crippen LogP contribution >= 0.6 is 11.3 Å². The fourth-order valence-electron chi connectivity index (χ4n) is 2.69. The number of primary sulfonamides is 1. The van der Waals surface area contributed by atoms with Gasteiger partial charge in [0.2, 0.25) is 10.0 Å². The van der Waals surface area contributed by atoms with Crippen molar-refractivity contribution in [3.63, 3.8) is 0 Å². The lowest BCUT2D eigenvalue weighted by atomic mass is 10.1. The van der Waals surface area contributed by atoms with E-state index in [1.165, 1.54) is 23.5 Å². The van der Waals surface area contributed by atoms with Crippen LogP contribution in [0.2, 0.25) is 0 Å². The summed E-state index contributed by atoms with van der Waals surface area (Å²) < 4.78 is 28.2. The number of rotatable bonds is 8. The van der Waals surface area contributed by atoms with E-state index in [2.05, 4.69) is 12.2 Å². The topological polar surface area (TPSA) is 116 Å². The third-order valence-electron chi connectivity index (χ3n) is 4.07. The van der Waals surface area contributed by atoms with E-state index >= 15 is 0 Å². The van der Waals surface area contributed by atoms with Crippen molar-refractivity contribution < 1.29 is 22.7 Å². The largest absolute Gasteiger partial charge is 0.451 e. The summed E-state index contributed by atoms with van der Waals surface area (Å²) in [5, 5.41) is 7.66. The summed E-state index contributed by atoms with van der Waals surface area (Å²) in [4.78, 5) is 25.9. The highest BCUT2D eigenvalue weighted by atomic mass is 32.2. The molecule has 0 spiro atoms. The van der Waals surface area contributed by atoms with E-state index in [1.54, 1.807) is 13.0 Å². The predicted octanol–water partition coefficient (Wildman–Crippen LogP) is 3.01. The highest BCUT2D eigenvalue weighted by Crippen LogP contribution is 2.25. The molecule has 0 atom stereocenters. The third-order valence-corrected chi connectivity index (χ3v) is 6.34. The Morgan fingerprint density at radius 1 is 1.21 bits per heavy atom. The second-order valence-electron chi connectivity index (χ2n) is 6.31. The van der Waals surface area contributed by atoms with Gasteiger partial charge in [-0.1, -0.05) is 26.3 Å². The molecule has 0 aliphatic heterocycles. The molecule has 0 bridgehead atoms. The Morgan fingerprint density at radius 2 is 1.93 bits per heavy atom. The van der Waals surface area contributed by atoms with Crippen molar-refractivity contribution in [2.24, 2.45) is 5.14 Å². The van der Waals surface area contributed by atoms with Crippen LogP contribution in [0.1, 0.15) is 45.9 Å². The molecule has 0 saturated heterocycles. The molecule has 0 aliphatic rings. The Labute approximate surface area is 169 Å². The molecule has 9 heteroatoms. The number of carbonyl (C=O) groups is 2. The van der Waals surface area contributed by atoms with Crippen LogP contribution in [-0.2, 0) is 32.4 Å². The monoisotopic (exact) mass is 424 g/mol. The summed E-state index contributed by atoms with van der Waals surface area (Å²) in [6.07, 6.45) is 2.72. The highest BCUT2D eigenvalue weighted by molar-refractivity contribution is 7.89. The second-order valence-corrected chi connectivity index (χ2v) is 8.98. The van der Waals surface area contributed by atoms with Gasteiger partial charge in [-0.25, -0.2) is 18.4 Å². The van der Waals surface area contributed by atoms with Gasteiger partial charge < -0.3 is 10.1 Å². The number of benzene rings is 1. The van der Waals surface area contributed by atoms with Crippen LogP contribution in [0.4, 0.5) is 5.69 Å². The number of hydrogen-bond donors (Lipinski definition) is 2. The molecule has 152 valence electrons. The number of nitrogens with one attached hydrogen (secondary N) is 1. The van der Waals surface area contributed by atoms with E-state index in [-0.39, 0.29) is 10.6 Å². The summed E-state index contributed by atoms with van der Waals surface area (Å²) in [5.74, 6) is -1.12. The van der Waals surface area contributed by atoms with Crippen molar-refractivity contribution in [2.75, 3.05) is 11.9 Å². The number of hydrogen-bond acceptors (Lipinski definition) is 6. The number of thiophene rings is 1. The lowest BCUT2D eigenvalue weighted by Crippen LogP contribution is -2.21. The van der Waals surface area contributed by atoms with Crippen LogP contribution in [0.25, 0.3) is 0 Å². The van der Waals surface area contributed by atoms with Crippen LogP contribution in [-0.4, -0.2) is 26.9 Å². The van der Waals surface area contributed by atoms with Gasteiger partial charge in [0.25, 0.3) is 5.91 Å². The van der Waals surface area contributed by atoms with E-state index in [0.717, 1.165) is 29.7 Å². The molecule has 2 aromatic rings. The standard InChI is InChI=1S/C19H24N2O5S2/c1-4-6-15-13(5-2)9-16(27-15)19(23)26-11-18(22)21-14-8-7-12(3)17(10-14)28(20,24)25/h7-10H,4-6,11H2,1-3H3,(H,21,22)(H2,20,24,25). The molecule has 0 unspecified atom stereocenters. The maximum Gasteiger partial charge on any atom is 0.348 e. The highest BCUT2D eigenvalue weighted by Gasteiger charge is 2.17. The first-order chi connectivity index (χ1) is 13.2. The first-order valence-corrected chi connectivity index (χ1v) is 11.2. The normalized spacial score (nSPS) is 11.3. The number of carbonyl (C=O) groups excluding carboxylic acids is 2. The number of anilines is 1. The SMILES string of the molecule is CCCc1sc(C(=O)OCC(=O)Nc2ccc(C)c(S(N)(=O)=O)c2)cc1CC. The van der Waals surface area contributed by atoms with Crippen molar-refractivity contribution in [3.05, 3.63) is 45.1 Å². The average Bonchev–Trinajstić information content (AvgIpc) is 3.04. The first-order valence-electron chi connectivity index (χ1n) is 8.87. The molecule has 3 N–H and O–H groups in total. The van der Waals surface area contributed by atoms with E-state index in [0.29, 0.717) is 10.4 Å². The molecule has 0 fully saturated rings. The van der Waals surface area contributed by atoms with Crippen molar-refractivity contribution in [3.8, 4) is 0 Å². The molecule has 1 aromatic heterocycles. The van der Waals surface area contributed by atoms with Gasteiger partial charge in [-0.15, -0.1) is 11.3 Å². The first kappa shape index (κ1) is 22.1. The van der Waals surface area contributed by atoms with Gasteiger partial charge in [0.15, 0.2) is 6.61 Å². The zero-order valence-electron chi connectivity index (χ0n) is 16.1. The molecule has 1 aromatic carbocycles. The molecule has 1 amide bonds. The molecule has 0 aliphatic carbocycles. The Kier molecular flexibility index (Phi) is 7.34. The van der Waals surface area contributed by atoms with Crippen molar-refractivity contribution in [1.82, 2.24) is 0 Å². The zero-order valence-corrected chi connectivity index (χ0v) is 17.7. The predicted molar refractivity (Wildman–Crippen MR) is 109 cm³/mol. The number of nitrogens with two attached hydrogens (primary N) is 1. The second kappa shape index (κ2) is 9.31. The third kappa shape index (κ3) is 5.63. The number of sulfonamides is 1. The van der Waals surface area contributed by atoms with Crippen LogP contribution in [0.5, 0.6) is 0 Å². The quantitative estimate of drug-likeness (QED) is 0.632. The van der Waals surface area contributed by atoms with Crippen LogP contribution < -0.4 is 10.5 Å². The molecule has 0 saturated carbocycles. The minimum Gasteiger partial charge on any atom is -0.451 e. The fraction of sp³-hybridized carbons (Fsp3) is 0.368. The van der Waals surface area contributed by atoms with E-state index in [1.807, 2.05) is 13.0 Å². The van der Waals surface area contributed by atoms with Gasteiger partial charge in [0.1, 0.15) is 4.88 Å². The lowest BCUT2D eigenvalue weighted by Gasteiger charge is -2.09. The number of esters is 1. The van der Waals surface area contributed by atoms with Crippen molar-refractivity contribution in [2.45, 2.75) is 44.9 Å². The number of ether oxygens (including phenoxy) is 1. The summed E-state index contributed by atoms with van der Waals surface area (Å²) in [6.45, 7) is 5.24.